The van der Waals surface area contributed by atoms with Gasteiger partial charge in [0.1, 0.15) is 54.2 Å². The van der Waals surface area contributed by atoms with E-state index in [4.69, 9.17) is 24.3 Å². The topological polar surface area (TPSA) is 180 Å². The van der Waals surface area contributed by atoms with E-state index in [0.717, 1.165) is 0 Å². The smallest absolute Gasteiger partial charge is 0.459 e. The number of nitrogens with two attached hydrogens (primary N) is 1. The summed E-state index contributed by atoms with van der Waals surface area (Å²) in [6.07, 6.45) is -2.87. The van der Waals surface area contributed by atoms with Crippen molar-refractivity contribution in [2.75, 3.05) is 25.6 Å². The first-order chi connectivity index (χ1) is 18.6. The molecule has 1 aliphatic heterocycles. The first-order valence-corrected chi connectivity index (χ1v) is 13.8. The second kappa shape index (κ2) is 11.9. The summed E-state index contributed by atoms with van der Waals surface area (Å²) in [6.45, 7) is 1.25. The molecule has 0 radical (unpaired) electrons. The molecule has 4 rings (SSSR count). The van der Waals surface area contributed by atoms with Crippen LogP contribution < -0.4 is 15.3 Å². The molecule has 1 fully saturated rings. The molecule has 13 nitrogen and oxygen atoms in total. The molecule has 15 heteroatoms. The van der Waals surface area contributed by atoms with Crippen molar-refractivity contribution >= 4 is 25.1 Å². The average molecular weight is 568 g/mol. The molecule has 0 spiro atoms. The van der Waals surface area contributed by atoms with Gasteiger partial charge < -0.3 is 29.9 Å². The molecule has 0 aliphatic carbocycles. The number of carbonyl (C=O) groups excluding carboxylic acids is 1. The van der Waals surface area contributed by atoms with E-state index in [2.05, 4.69) is 15.2 Å². The van der Waals surface area contributed by atoms with Crippen molar-refractivity contribution in [3.63, 3.8) is 0 Å². The highest BCUT2D eigenvalue weighted by Gasteiger charge is 2.57. The summed E-state index contributed by atoms with van der Waals surface area (Å²) >= 11 is 0. The minimum absolute atomic E-state index is 0.138. The number of halogens is 1. The summed E-state index contributed by atoms with van der Waals surface area (Å²) in [5, 5.41) is 28.3. The third-order valence-corrected chi connectivity index (χ3v) is 7.79. The van der Waals surface area contributed by atoms with Crippen LogP contribution in [0.25, 0.3) is 5.52 Å². The number of nitrogens with one attached hydrogen (secondary N) is 1. The molecular weight excluding hydrogens is 536 g/mol. The molecule has 39 heavy (non-hydrogen) atoms. The molecule has 2 aromatic heterocycles. The van der Waals surface area contributed by atoms with Gasteiger partial charge in [-0.15, -0.1) is 0 Å². The van der Waals surface area contributed by atoms with E-state index in [1.54, 1.807) is 30.3 Å². The van der Waals surface area contributed by atoms with Crippen LogP contribution in [0.1, 0.15) is 32.1 Å². The third-order valence-electron chi connectivity index (χ3n) is 6.16. The number of hydrogen-bond acceptors (Lipinski definition) is 11. The third kappa shape index (κ3) is 6.06. The molecule has 0 saturated carbocycles. The van der Waals surface area contributed by atoms with Crippen LogP contribution in [0, 0.1) is 0 Å². The molecule has 1 saturated heterocycles. The first-order valence-electron chi connectivity index (χ1n) is 12.2. The highest BCUT2D eigenvalue weighted by Crippen LogP contribution is 2.48. The number of para-hydroxylation sites is 1. The largest absolute Gasteiger partial charge is 0.465 e. The average Bonchev–Trinajstić information content (AvgIpc) is 3.47. The van der Waals surface area contributed by atoms with Gasteiger partial charge in [-0.3, -0.25) is 9.32 Å². The maximum absolute atomic E-state index is 14.5. The molecule has 1 unspecified atom stereocenters. The number of carbonyl (C=O) groups is 1. The first kappa shape index (κ1) is 28.9. The second-order valence-electron chi connectivity index (χ2n) is 9.07. The van der Waals surface area contributed by atoms with Crippen molar-refractivity contribution < 1.29 is 42.5 Å². The quantitative estimate of drug-likeness (QED) is 0.185. The van der Waals surface area contributed by atoms with Crippen molar-refractivity contribution in [3.8, 4) is 5.75 Å². The lowest BCUT2D eigenvalue weighted by Crippen LogP contribution is -2.49. The number of benzene rings is 1. The number of aromatic nitrogens is 3. The van der Waals surface area contributed by atoms with Crippen LogP contribution in [0.3, 0.4) is 0 Å². The van der Waals surface area contributed by atoms with Crippen LogP contribution in [0.2, 0.25) is 0 Å². The Balaban J connectivity index is 1.57. The molecule has 0 bridgehead atoms. The molecule has 1 aliphatic rings. The maximum atomic E-state index is 14.5. The van der Waals surface area contributed by atoms with Gasteiger partial charge in [-0.05, 0) is 37.6 Å². The highest BCUT2D eigenvalue weighted by molar-refractivity contribution is 7.52. The molecule has 3 aromatic rings. The summed E-state index contributed by atoms with van der Waals surface area (Å²) < 4.78 is 51.7. The van der Waals surface area contributed by atoms with E-state index in [9.17, 15) is 24.0 Å². The van der Waals surface area contributed by atoms with Gasteiger partial charge in [0, 0.05) is 0 Å². The van der Waals surface area contributed by atoms with E-state index in [0.29, 0.717) is 11.9 Å². The minimum Gasteiger partial charge on any atom is -0.465 e. The van der Waals surface area contributed by atoms with Crippen LogP contribution in [-0.4, -0.2) is 74.5 Å². The predicted octanol–water partition coefficient (Wildman–Crippen LogP) is 1.95. The van der Waals surface area contributed by atoms with Gasteiger partial charge in [-0.1, -0.05) is 25.1 Å². The molecule has 5 N–H and O–H groups in total. The molecule has 0 amide bonds. The number of hydrogen-bond donors (Lipinski definition) is 4. The summed E-state index contributed by atoms with van der Waals surface area (Å²) in [7, 11) is -4.40. The van der Waals surface area contributed by atoms with E-state index < -0.39 is 57.0 Å². The van der Waals surface area contributed by atoms with Crippen molar-refractivity contribution in [1.82, 2.24) is 19.7 Å². The van der Waals surface area contributed by atoms with Crippen molar-refractivity contribution in [1.29, 1.82) is 0 Å². The number of aliphatic hydroxyl groups is 2. The fourth-order valence-corrected chi connectivity index (χ4v) is 5.63. The zero-order valence-electron chi connectivity index (χ0n) is 21.3. The Morgan fingerprint density at radius 2 is 2.05 bits per heavy atom. The Hall–Kier alpha value is -3.13. The second-order valence-corrected chi connectivity index (χ2v) is 10.8. The van der Waals surface area contributed by atoms with Gasteiger partial charge in [-0.2, -0.15) is 10.2 Å². The normalized spacial score (nSPS) is 25.3. The van der Waals surface area contributed by atoms with Crippen molar-refractivity contribution in [3.05, 3.63) is 54.5 Å². The van der Waals surface area contributed by atoms with Crippen LogP contribution in [-0.2, 0) is 23.4 Å². The highest BCUT2D eigenvalue weighted by atomic mass is 31.2. The Morgan fingerprint density at radius 1 is 1.31 bits per heavy atom. The van der Waals surface area contributed by atoms with Gasteiger partial charge >= 0.3 is 13.7 Å². The lowest BCUT2D eigenvalue weighted by molar-refractivity contribution is -0.145. The number of alkyl halides is 1. The van der Waals surface area contributed by atoms with Crippen molar-refractivity contribution in [2.24, 2.45) is 0 Å². The van der Waals surface area contributed by atoms with Crippen LogP contribution in [0.15, 0.2) is 48.8 Å². The Bertz CT molecular complexity index is 1330. The summed E-state index contributed by atoms with van der Waals surface area (Å²) in [4.78, 5) is 16.2. The number of anilines is 1. The number of rotatable bonds is 12. The fourth-order valence-electron chi connectivity index (χ4n) is 4.08. The molecule has 212 valence electrons. The van der Waals surface area contributed by atoms with E-state index >= 15 is 0 Å². The van der Waals surface area contributed by atoms with Crippen LogP contribution >= 0.6 is 7.75 Å². The molecule has 3 heterocycles. The van der Waals surface area contributed by atoms with Gasteiger partial charge in [0.15, 0.2) is 5.82 Å². The van der Waals surface area contributed by atoms with E-state index in [-0.39, 0.29) is 23.9 Å². The number of esters is 1. The number of nitrogens with zero attached hydrogens (tertiary/aromatic N) is 3. The fraction of sp³-hybridized carbons (Fsp3) is 0.458. The SMILES string of the molecule is CCCOC(=O)[C@H](C)NP(=O)(OC[C@@]1(CF)O[C@@H](c2ccc3c(N)ncnn23)[C@H](O)[C@@H]1O)Oc1ccccc1. The van der Waals surface area contributed by atoms with E-state index in [1.807, 2.05) is 6.92 Å². The molecule has 1 aromatic carbocycles. The summed E-state index contributed by atoms with van der Waals surface area (Å²) in [5.74, 6) is -0.396. The van der Waals surface area contributed by atoms with Gasteiger partial charge in [-0.25, -0.2) is 18.5 Å². The zero-order valence-corrected chi connectivity index (χ0v) is 22.2. The Labute approximate surface area is 223 Å². The summed E-state index contributed by atoms with van der Waals surface area (Å²) in [6, 6.07) is 9.99. The monoisotopic (exact) mass is 567 g/mol. The van der Waals surface area contributed by atoms with Crippen LogP contribution in [0.5, 0.6) is 5.75 Å². The van der Waals surface area contributed by atoms with E-state index in [1.165, 1.54) is 29.9 Å². The Kier molecular flexibility index (Phi) is 8.84. The number of aliphatic hydroxyl groups excluding tert-OH is 2. The number of fused-ring (bicyclic) bond motifs is 1. The Morgan fingerprint density at radius 3 is 2.74 bits per heavy atom. The van der Waals surface area contributed by atoms with Crippen LogP contribution in [0.4, 0.5) is 10.2 Å². The predicted molar refractivity (Wildman–Crippen MR) is 136 cm³/mol. The molecular formula is C24H31FN5O8P. The van der Waals surface area contributed by atoms with Crippen molar-refractivity contribution in [2.45, 2.75) is 50.2 Å². The maximum Gasteiger partial charge on any atom is 0.459 e. The minimum atomic E-state index is -4.40. The lowest BCUT2D eigenvalue weighted by Gasteiger charge is -2.31. The standard InChI is InChI=1S/C24H31FN5O8P/c1-3-11-35-23(33)15(2)29-39(34,38-16-7-5-4-6-8-16)36-13-24(12-25)21(32)19(31)20(37-24)17-9-10-18-22(26)27-14-28-30(17)18/h4-10,14-15,19-21,31-32H,3,11-13H2,1-2H3,(H,29,34)(H2,26,27,28)/t15-,19-,20-,21-,24+,39?/m0/s1. The van der Waals surface area contributed by atoms with Gasteiger partial charge in [0.05, 0.1) is 18.9 Å². The number of ether oxygens (including phenoxy) is 2. The molecule has 6 atom stereocenters. The van der Waals surface area contributed by atoms with Gasteiger partial charge in [0.2, 0.25) is 0 Å². The summed E-state index contributed by atoms with van der Waals surface area (Å²) in [5.41, 5.74) is 4.41. The van der Waals surface area contributed by atoms with Gasteiger partial charge in [0.25, 0.3) is 0 Å². The lowest BCUT2D eigenvalue weighted by atomic mass is 9.96. The number of nitrogen functional groups attached to an aromatic ring is 1. The zero-order chi connectivity index (χ0) is 28.2.